The second kappa shape index (κ2) is 4.80. The van der Waals surface area contributed by atoms with Gasteiger partial charge in [0.1, 0.15) is 5.92 Å². The summed E-state index contributed by atoms with van der Waals surface area (Å²) in [4.78, 5) is 22.7. The molecule has 4 nitrogen and oxygen atoms in total. The van der Waals surface area contributed by atoms with E-state index in [9.17, 15) is 19.8 Å². The first-order valence-corrected chi connectivity index (χ1v) is 6.10. The topological polar surface area (TPSA) is 74.6 Å². The van der Waals surface area contributed by atoms with Gasteiger partial charge in [0, 0.05) is 0 Å². The van der Waals surface area contributed by atoms with E-state index in [0.717, 1.165) is 31.3 Å². The smallest absolute Gasteiger partial charge is 0.336 e. The van der Waals surface area contributed by atoms with Crippen molar-refractivity contribution in [3.8, 4) is 0 Å². The molecule has 18 heavy (non-hydrogen) atoms. The van der Waals surface area contributed by atoms with Crippen molar-refractivity contribution in [2.75, 3.05) is 0 Å². The Bertz CT molecular complexity index is 486. The fourth-order valence-electron chi connectivity index (χ4n) is 2.75. The number of hydrogen-bond acceptors (Lipinski definition) is 2. The predicted octanol–water partition coefficient (Wildman–Crippen LogP) is 2.53. The average Bonchev–Trinajstić information content (AvgIpc) is 2.80. The normalized spacial score (nSPS) is 23.7. The van der Waals surface area contributed by atoms with E-state index < -0.39 is 17.9 Å². The Balaban J connectivity index is 2.59. The Morgan fingerprint density at radius 3 is 2.33 bits per heavy atom. The molecule has 1 saturated carbocycles. The molecular formula is C14H16O4. The second-order valence-corrected chi connectivity index (χ2v) is 4.76. The third-order valence-electron chi connectivity index (χ3n) is 3.58. The van der Waals surface area contributed by atoms with Crippen LogP contribution in [0.2, 0.25) is 0 Å². The Morgan fingerprint density at radius 1 is 1.22 bits per heavy atom. The van der Waals surface area contributed by atoms with Gasteiger partial charge in [-0.1, -0.05) is 17.7 Å². The van der Waals surface area contributed by atoms with Crippen molar-refractivity contribution in [3.05, 3.63) is 34.4 Å². The van der Waals surface area contributed by atoms with Gasteiger partial charge in [-0.05, 0) is 43.8 Å². The Hall–Kier alpha value is -1.84. The maximum absolute atomic E-state index is 11.4. The van der Waals surface area contributed by atoms with Crippen LogP contribution in [0.15, 0.2) is 34.4 Å². The summed E-state index contributed by atoms with van der Waals surface area (Å²) >= 11 is 0. The lowest BCUT2D eigenvalue weighted by molar-refractivity contribution is -0.138. The molecule has 2 rings (SSSR count). The van der Waals surface area contributed by atoms with Gasteiger partial charge in [-0.2, -0.15) is 0 Å². The lowest BCUT2D eigenvalue weighted by atomic mass is 9.81. The van der Waals surface area contributed by atoms with Crippen LogP contribution < -0.4 is 0 Å². The van der Waals surface area contributed by atoms with E-state index in [1.54, 1.807) is 19.1 Å². The second-order valence-electron chi connectivity index (χ2n) is 4.76. The van der Waals surface area contributed by atoms with Crippen LogP contribution in [-0.4, -0.2) is 22.2 Å². The van der Waals surface area contributed by atoms with E-state index in [0.29, 0.717) is 11.1 Å². The molecule has 0 saturated heterocycles. The molecule has 96 valence electrons. The highest BCUT2D eigenvalue weighted by Gasteiger charge is 2.33. The lowest BCUT2D eigenvalue weighted by Crippen LogP contribution is -2.23. The molecule has 0 spiro atoms. The fraction of sp³-hybridized carbons (Fsp3) is 0.429. The van der Waals surface area contributed by atoms with Gasteiger partial charge in [-0.3, -0.25) is 4.79 Å². The summed E-state index contributed by atoms with van der Waals surface area (Å²) in [5.74, 6) is -2.82. The van der Waals surface area contributed by atoms with Gasteiger partial charge in [0.2, 0.25) is 0 Å². The molecule has 1 atom stereocenters. The highest BCUT2D eigenvalue weighted by molar-refractivity contribution is 5.97. The molecule has 4 heteroatoms. The number of hydrogen-bond donors (Lipinski definition) is 2. The fourth-order valence-corrected chi connectivity index (χ4v) is 2.75. The first-order chi connectivity index (χ1) is 8.52. The van der Waals surface area contributed by atoms with Crippen molar-refractivity contribution >= 4 is 11.9 Å². The third kappa shape index (κ3) is 2.10. The summed E-state index contributed by atoms with van der Waals surface area (Å²) in [6, 6.07) is 0. The minimum atomic E-state index is -1.03. The van der Waals surface area contributed by atoms with Crippen LogP contribution >= 0.6 is 0 Å². The summed E-state index contributed by atoms with van der Waals surface area (Å²) < 4.78 is 0. The minimum absolute atomic E-state index is 0.182. The van der Waals surface area contributed by atoms with Crippen LogP contribution in [0.3, 0.4) is 0 Å². The molecule has 0 amide bonds. The van der Waals surface area contributed by atoms with E-state index in [2.05, 4.69) is 0 Å². The summed E-state index contributed by atoms with van der Waals surface area (Å²) in [5, 5.41) is 18.6. The molecule has 0 aliphatic heterocycles. The molecule has 2 N–H and O–H groups in total. The predicted molar refractivity (Wildman–Crippen MR) is 66.1 cm³/mol. The Morgan fingerprint density at radius 2 is 1.83 bits per heavy atom. The van der Waals surface area contributed by atoms with Crippen molar-refractivity contribution in [3.63, 3.8) is 0 Å². The lowest BCUT2D eigenvalue weighted by Gasteiger charge is -2.22. The molecule has 1 fully saturated rings. The van der Waals surface area contributed by atoms with Crippen LogP contribution in [-0.2, 0) is 9.59 Å². The number of aliphatic carboxylic acids is 2. The molecule has 0 aromatic carbocycles. The van der Waals surface area contributed by atoms with Crippen molar-refractivity contribution < 1.29 is 19.8 Å². The largest absolute Gasteiger partial charge is 0.481 e. The zero-order chi connectivity index (χ0) is 13.3. The van der Waals surface area contributed by atoms with Gasteiger partial charge < -0.3 is 10.2 Å². The van der Waals surface area contributed by atoms with E-state index in [-0.39, 0.29) is 5.57 Å². The van der Waals surface area contributed by atoms with Gasteiger partial charge in [-0.25, -0.2) is 4.79 Å². The molecule has 2 aliphatic carbocycles. The van der Waals surface area contributed by atoms with Gasteiger partial charge in [-0.15, -0.1) is 0 Å². The number of carbonyl (C=O) groups is 2. The molecular weight excluding hydrogens is 232 g/mol. The Kier molecular flexibility index (Phi) is 3.36. The average molecular weight is 248 g/mol. The maximum atomic E-state index is 11.4. The standard InChI is InChI=1S/C14H16O4/c1-8-6-7-10(13(15)16)12(11(8)14(17)18)9-4-2-3-5-9/h6-7,10H,2-5H2,1H3,(H,15,16)(H,17,18). The van der Waals surface area contributed by atoms with E-state index >= 15 is 0 Å². The van der Waals surface area contributed by atoms with Gasteiger partial charge in [0.25, 0.3) is 0 Å². The molecule has 0 aromatic rings. The van der Waals surface area contributed by atoms with Crippen LogP contribution in [0.1, 0.15) is 32.6 Å². The van der Waals surface area contributed by atoms with Crippen LogP contribution in [0.25, 0.3) is 0 Å². The van der Waals surface area contributed by atoms with E-state index in [1.165, 1.54) is 0 Å². The molecule has 0 aromatic heterocycles. The SMILES string of the molecule is CC1=C(C(=O)O)C(=C2CCCC2)C(C(=O)O)C=C1. The minimum Gasteiger partial charge on any atom is -0.481 e. The van der Waals surface area contributed by atoms with Crippen molar-refractivity contribution in [1.82, 2.24) is 0 Å². The van der Waals surface area contributed by atoms with Crippen LogP contribution in [0, 0.1) is 5.92 Å². The molecule has 0 radical (unpaired) electrons. The number of carboxylic acid groups (broad SMARTS) is 2. The Labute approximate surface area is 105 Å². The van der Waals surface area contributed by atoms with E-state index in [4.69, 9.17) is 0 Å². The maximum Gasteiger partial charge on any atom is 0.336 e. The zero-order valence-corrected chi connectivity index (χ0v) is 10.3. The summed E-state index contributed by atoms with van der Waals surface area (Å²) in [7, 11) is 0. The molecule has 0 bridgehead atoms. The molecule has 1 unspecified atom stereocenters. The number of carboxylic acids is 2. The van der Waals surface area contributed by atoms with E-state index in [1.807, 2.05) is 0 Å². The highest BCUT2D eigenvalue weighted by atomic mass is 16.4. The monoisotopic (exact) mass is 248 g/mol. The highest BCUT2D eigenvalue weighted by Crippen LogP contribution is 2.38. The number of rotatable bonds is 2. The summed E-state index contributed by atoms with van der Waals surface area (Å²) in [6.07, 6.45) is 6.85. The van der Waals surface area contributed by atoms with Crippen molar-refractivity contribution in [1.29, 1.82) is 0 Å². The van der Waals surface area contributed by atoms with Crippen LogP contribution in [0.5, 0.6) is 0 Å². The number of allylic oxidation sites excluding steroid dienone is 3. The van der Waals surface area contributed by atoms with Gasteiger partial charge in [0.05, 0.1) is 5.57 Å². The molecule has 2 aliphatic rings. The summed E-state index contributed by atoms with van der Waals surface area (Å²) in [5.41, 5.74) is 2.34. The van der Waals surface area contributed by atoms with Crippen LogP contribution in [0.4, 0.5) is 0 Å². The third-order valence-corrected chi connectivity index (χ3v) is 3.58. The quantitative estimate of drug-likeness (QED) is 0.787. The first-order valence-electron chi connectivity index (χ1n) is 6.10. The van der Waals surface area contributed by atoms with Crippen molar-refractivity contribution in [2.45, 2.75) is 32.6 Å². The summed E-state index contributed by atoms with van der Waals surface area (Å²) in [6.45, 7) is 1.72. The van der Waals surface area contributed by atoms with Crippen molar-refractivity contribution in [2.24, 2.45) is 5.92 Å². The zero-order valence-electron chi connectivity index (χ0n) is 10.3. The van der Waals surface area contributed by atoms with Gasteiger partial charge in [0.15, 0.2) is 0 Å². The van der Waals surface area contributed by atoms with Gasteiger partial charge >= 0.3 is 11.9 Å². The molecule has 0 heterocycles. The first kappa shape index (κ1) is 12.6.